The van der Waals surface area contributed by atoms with Crippen molar-refractivity contribution in [3.05, 3.63) is 72.9 Å². The molecular weight excluding hydrogens is 781 g/mol. The van der Waals surface area contributed by atoms with Crippen molar-refractivity contribution in [3.63, 3.8) is 0 Å². The van der Waals surface area contributed by atoms with E-state index in [0.29, 0.717) is 17.4 Å². The summed E-state index contributed by atoms with van der Waals surface area (Å²) in [6.07, 6.45) is 41.0. The second-order valence-electron chi connectivity index (χ2n) is 16.3. The molecule has 0 rings (SSSR count). The number of nitrogens with zero attached hydrogens (tertiary/aromatic N) is 1. The van der Waals surface area contributed by atoms with Crippen LogP contribution in [-0.2, 0) is 32.7 Å². The van der Waals surface area contributed by atoms with Gasteiger partial charge in [-0.3, -0.25) is 14.2 Å². The molecule has 0 fully saturated rings. The lowest BCUT2D eigenvalue weighted by Crippen LogP contribution is -2.37. The van der Waals surface area contributed by atoms with E-state index < -0.39 is 51.3 Å². The fourth-order valence-electron chi connectivity index (χ4n) is 5.71. The van der Waals surface area contributed by atoms with Crippen LogP contribution in [-0.4, -0.2) is 92.5 Å². The second kappa shape index (κ2) is 39.2. The number of unbranched alkanes of at least 4 members (excludes halogenated alkanes) is 10. The molecule has 0 bridgehead atoms. The standard InChI is InChI=1S/C48H84NO10P/c1-6-8-10-12-14-16-18-20-21-22-23-24-26-28-30-32-34-38-48(53)59-44(43-58-60(54,55)57-41-40-49(3,4)5)42-56-47(52)39-35-37-46(51)45(50)36-33-31-29-27-25-19-17-15-13-11-9-7-2/h9,11,14-17,20-21,25,27,31,33,44-46,50-51H,6-8,10,12-13,18-19,22-24,26,28-30,32,34-43H2,1-5H3/b11-9-,16-14-,17-15-,21-20-,27-25-,33-31-/t44-,45+,46+/m1/s1. The first kappa shape index (κ1) is 57.4. The Morgan fingerprint density at radius 1 is 0.617 bits per heavy atom. The summed E-state index contributed by atoms with van der Waals surface area (Å²) >= 11 is 0. The Hall–Kier alpha value is -2.63. The SMILES string of the molecule is CC/C=C\C/C=C\C/C=C\C/C=C\C[C@H](O)[C@@H](O)CCCC(=O)OC[C@H](COP(=O)([O-])OCC[N+](C)(C)C)OC(=O)CCCCCCCCC/C=C\C/C=C\CCCCC. The molecule has 0 aromatic carbocycles. The van der Waals surface area contributed by atoms with E-state index in [1.807, 2.05) is 33.3 Å². The van der Waals surface area contributed by atoms with E-state index in [9.17, 15) is 29.3 Å². The molecule has 0 radical (unpaired) electrons. The highest BCUT2D eigenvalue weighted by atomic mass is 31.2. The van der Waals surface area contributed by atoms with Crippen molar-refractivity contribution in [3.8, 4) is 0 Å². The quantitative estimate of drug-likeness (QED) is 0.0200. The molecule has 0 saturated heterocycles. The van der Waals surface area contributed by atoms with Gasteiger partial charge in [-0.15, -0.1) is 0 Å². The van der Waals surface area contributed by atoms with Crippen LogP contribution in [0.25, 0.3) is 0 Å². The molecule has 0 aromatic heterocycles. The predicted octanol–water partition coefficient (Wildman–Crippen LogP) is 10.3. The number of aliphatic hydroxyl groups is 2. The molecule has 346 valence electrons. The molecule has 12 heteroatoms. The van der Waals surface area contributed by atoms with Crippen LogP contribution in [0.2, 0.25) is 0 Å². The summed E-state index contributed by atoms with van der Waals surface area (Å²) in [5.74, 6) is -1.14. The van der Waals surface area contributed by atoms with Gasteiger partial charge in [-0.2, -0.15) is 0 Å². The van der Waals surface area contributed by atoms with Gasteiger partial charge in [0.2, 0.25) is 0 Å². The van der Waals surface area contributed by atoms with Crippen molar-refractivity contribution in [1.29, 1.82) is 0 Å². The molecule has 2 N–H and O–H groups in total. The van der Waals surface area contributed by atoms with Crippen LogP contribution in [0, 0.1) is 0 Å². The average molecular weight is 866 g/mol. The predicted molar refractivity (Wildman–Crippen MR) is 243 cm³/mol. The van der Waals surface area contributed by atoms with Gasteiger partial charge in [0, 0.05) is 12.8 Å². The van der Waals surface area contributed by atoms with Crippen LogP contribution >= 0.6 is 7.82 Å². The summed E-state index contributed by atoms with van der Waals surface area (Å²) in [7, 11) is 0.994. The summed E-state index contributed by atoms with van der Waals surface area (Å²) in [4.78, 5) is 37.6. The lowest BCUT2D eigenvalue weighted by atomic mass is 10.0. The number of phosphoric acid groups is 1. The minimum Gasteiger partial charge on any atom is -0.756 e. The van der Waals surface area contributed by atoms with Crippen LogP contribution in [0.15, 0.2) is 72.9 Å². The van der Waals surface area contributed by atoms with Gasteiger partial charge in [0.25, 0.3) is 7.82 Å². The zero-order valence-corrected chi connectivity index (χ0v) is 39.0. The van der Waals surface area contributed by atoms with Crippen molar-refractivity contribution >= 4 is 19.8 Å². The number of carbonyl (C=O) groups is 2. The summed E-state index contributed by atoms with van der Waals surface area (Å²) in [5, 5.41) is 20.7. The molecule has 0 aliphatic heterocycles. The highest BCUT2D eigenvalue weighted by Gasteiger charge is 2.22. The molecule has 60 heavy (non-hydrogen) atoms. The Morgan fingerprint density at radius 2 is 1.13 bits per heavy atom. The molecule has 0 spiro atoms. The number of allylic oxidation sites excluding steroid dienone is 11. The fourth-order valence-corrected chi connectivity index (χ4v) is 6.44. The van der Waals surface area contributed by atoms with E-state index in [4.69, 9.17) is 18.5 Å². The number of esters is 2. The lowest BCUT2D eigenvalue weighted by Gasteiger charge is -2.28. The van der Waals surface area contributed by atoms with E-state index in [2.05, 4.69) is 74.6 Å². The lowest BCUT2D eigenvalue weighted by molar-refractivity contribution is -0.870. The van der Waals surface area contributed by atoms with Crippen LogP contribution < -0.4 is 4.89 Å². The van der Waals surface area contributed by atoms with Gasteiger partial charge in [0.1, 0.15) is 19.8 Å². The largest absolute Gasteiger partial charge is 0.756 e. The van der Waals surface area contributed by atoms with Crippen molar-refractivity contribution in [1.82, 2.24) is 0 Å². The first-order valence-electron chi connectivity index (χ1n) is 22.8. The highest BCUT2D eigenvalue weighted by Crippen LogP contribution is 2.38. The van der Waals surface area contributed by atoms with E-state index in [1.54, 1.807) is 0 Å². The number of likely N-dealkylation sites (N-methyl/N-ethyl adjacent to an activating group) is 1. The van der Waals surface area contributed by atoms with Crippen LogP contribution in [0.3, 0.4) is 0 Å². The number of hydrogen-bond donors (Lipinski definition) is 2. The number of rotatable bonds is 40. The molecule has 4 atom stereocenters. The van der Waals surface area contributed by atoms with Crippen molar-refractivity contribution in [2.75, 3.05) is 47.5 Å². The number of quaternary nitrogens is 1. The molecule has 0 aliphatic carbocycles. The van der Waals surface area contributed by atoms with E-state index in [-0.39, 0.29) is 38.7 Å². The van der Waals surface area contributed by atoms with Gasteiger partial charge in [-0.05, 0) is 83.5 Å². The molecule has 0 amide bonds. The summed E-state index contributed by atoms with van der Waals surface area (Å²) in [6, 6.07) is 0. The Kier molecular flexibility index (Phi) is 37.5. The second-order valence-corrected chi connectivity index (χ2v) is 17.7. The number of carbonyl (C=O) groups excluding carboxylic acids is 2. The van der Waals surface area contributed by atoms with E-state index in [0.717, 1.165) is 64.2 Å². The number of aliphatic hydroxyl groups excluding tert-OH is 2. The number of hydrogen-bond acceptors (Lipinski definition) is 10. The Balaban J connectivity index is 4.60. The molecule has 0 aromatic rings. The van der Waals surface area contributed by atoms with Crippen molar-refractivity contribution < 1.29 is 52.3 Å². The van der Waals surface area contributed by atoms with Gasteiger partial charge in [-0.25, -0.2) is 0 Å². The molecular formula is C48H84NO10P. The number of ether oxygens (including phenoxy) is 2. The maximum Gasteiger partial charge on any atom is 0.306 e. The zero-order chi connectivity index (χ0) is 44.6. The topological polar surface area (TPSA) is 152 Å². The van der Waals surface area contributed by atoms with Gasteiger partial charge in [0.05, 0.1) is 40.0 Å². The van der Waals surface area contributed by atoms with Gasteiger partial charge < -0.3 is 38.1 Å². The third-order valence-corrected chi connectivity index (χ3v) is 10.4. The highest BCUT2D eigenvalue weighted by molar-refractivity contribution is 7.45. The smallest absolute Gasteiger partial charge is 0.306 e. The van der Waals surface area contributed by atoms with Gasteiger partial charge in [-0.1, -0.05) is 132 Å². The van der Waals surface area contributed by atoms with E-state index >= 15 is 0 Å². The Bertz CT molecular complexity index is 1290. The third kappa shape index (κ3) is 40.8. The minimum absolute atomic E-state index is 0.0446. The monoisotopic (exact) mass is 866 g/mol. The van der Waals surface area contributed by atoms with E-state index in [1.165, 1.54) is 38.5 Å². The fraction of sp³-hybridized carbons (Fsp3) is 0.708. The van der Waals surface area contributed by atoms with Crippen LogP contribution in [0.1, 0.15) is 155 Å². The Labute approximate surface area is 364 Å². The first-order chi connectivity index (χ1) is 28.8. The Morgan fingerprint density at radius 3 is 1.72 bits per heavy atom. The summed E-state index contributed by atoms with van der Waals surface area (Å²) < 4.78 is 33.7. The van der Waals surface area contributed by atoms with Crippen LogP contribution in [0.4, 0.5) is 0 Å². The maximum absolute atomic E-state index is 12.7. The molecule has 11 nitrogen and oxygen atoms in total. The summed E-state index contributed by atoms with van der Waals surface area (Å²) in [6.45, 7) is 3.72. The zero-order valence-electron chi connectivity index (χ0n) is 38.1. The molecule has 0 saturated carbocycles. The normalized spacial score (nSPS) is 15.3. The first-order valence-corrected chi connectivity index (χ1v) is 24.3. The maximum atomic E-state index is 12.7. The summed E-state index contributed by atoms with van der Waals surface area (Å²) in [5.41, 5.74) is 0. The average Bonchev–Trinajstić information content (AvgIpc) is 3.19. The molecule has 0 aliphatic rings. The third-order valence-electron chi connectivity index (χ3n) is 9.41. The number of phosphoric ester groups is 1. The van der Waals surface area contributed by atoms with Crippen molar-refractivity contribution in [2.45, 2.75) is 173 Å². The molecule has 1 unspecified atom stereocenters. The van der Waals surface area contributed by atoms with Gasteiger partial charge >= 0.3 is 11.9 Å². The van der Waals surface area contributed by atoms with Crippen molar-refractivity contribution in [2.24, 2.45) is 0 Å². The minimum atomic E-state index is -4.70. The van der Waals surface area contributed by atoms with Gasteiger partial charge in [0.15, 0.2) is 6.10 Å². The molecule has 0 heterocycles. The van der Waals surface area contributed by atoms with Crippen LogP contribution in [0.5, 0.6) is 0 Å².